The van der Waals surface area contributed by atoms with Gasteiger partial charge in [-0.05, 0) is 120 Å². The minimum atomic E-state index is -0.572. The number of hydrogen-bond acceptors (Lipinski definition) is 4. The molecule has 5 aromatic rings. The second kappa shape index (κ2) is 17.4. The molecule has 2 aliphatic carbocycles. The second-order valence-electron chi connectivity index (χ2n) is 15.2. The lowest BCUT2D eigenvalue weighted by Crippen LogP contribution is -2.36. The normalized spacial score (nSPS) is 17.7. The summed E-state index contributed by atoms with van der Waals surface area (Å²) in [6.45, 7) is 11.5. The first kappa shape index (κ1) is 39.2. The maximum Gasteiger partial charge on any atom is 0.220 e. The maximum atomic E-state index is 16.1. The van der Waals surface area contributed by atoms with Gasteiger partial charge in [0.2, 0.25) is 5.91 Å². The molecular formula is C50H48F2N2O3. The highest BCUT2D eigenvalue weighted by molar-refractivity contribution is 5.94. The summed E-state index contributed by atoms with van der Waals surface area (Å²) >= 11 is 0. The number of carbonyl (C=O) groups is 2. The molecule has 0 aromatic heterocycles. The Morgan fingerprint density at radius 3 is 2.32 bits per heavy atom. The number of anilines is 1. The average Bonchev–Trinajstić information content (AvgIpc) is 3.81. The Bertz CT molecular complexity index is 2370. The third-order valence-electron chi connectivity index (χ3n) is 11.7. The van der Waals surface area contributed by atoms with Gasteiger partial charge in [0.15, 0.2) is 5.78 Å². The molecule has 5 nitrogen and oxygen atoms in total. The molecular weight excluding hydrogens is 715 g/mol. The highest BCUT2D eigenvalue weighted by atomic mass is 19.1. The van der Waals surface area contributed by atoms with Crippen LogP contribution in [0.15, 0.2) is 110 Å². The maximum absolute atomic E-state index is 16.1. The number of benzene rings is 5. The summed E-state index contributed by atoms with van der Waals surface area (Å²) < 4.78 is 37.7. The van der Waals surface area contributed by atoms with Crippen molar-refractivity contribution < 1.29 is 23.1 Å². The molecule has 7 rings (SSSR count). The first-order valence-electron chi connectivity index (χ1n) is 19.9. The van der Waals surface area contributed by atoms with Crippen molar-refractivity contribution in [3.63, 3.8) is 0 Å². The molecule has 3 unspecified atom stereocenters. The van der Waals surface area contributed by atoms with E-state index in [-0.39, 0.29) is 39.4 Å². The van der Waals surface area contributed by atoms with Crippen LogP contribution in [-0.4, -0.2) is 31.4 Å². The minimum absolute atomic E-state index is 0.00271. The van der Waals surface area contributed by atoms with E-state index in [1.165, 1.54) is 12.1 Å². The summed E-state index contributed by atoms with van der Waals surface area (Å²) in [6, 6.07) is 27.5. The van der Waals surface area contributed by atoms with Crippen molar-refractivity contribution in [2.24, 2.45) is 17.3 Å². The molecule has 3 atom stereocenters. The summed E-state index contributed by atoms with van der Waals surface area (Å²) in [5.41, 5.74) is 5.57. The number of rotatable bonds is 17. The molecule has 2 N–H and O–H groups in total. The standard InChI is InChI=1S/C50H48F2N2O3/c1-4-7-8-29-57-40-19-13-35(14-20-40)37-16-21-41(34(5-2)30-37)42-23-24-43-44(49(42)52)22-15-36(48(43)51)12-9-33-10-17-39(18-11-33)53-27-28-54-47(56)25-26-50-32-38(50)31-45(50)46(55)6-3/h5-6,10-11,13-24,30,38,45,53H,2-4,7-8,25-29,31-32H2,1H3,(H,54,56). The Kier molecular flexibility index (Phi) is 12.0. The second-order valence-corrected chi connectivity index (χ2v) is 15.2. The molecule has 0 spiro atoms. The fraction of sp³-hybridized carbons (Fsp3) is 0.280. The van der Waals surface area contributed by atoms with Gasteiger partial charge in [-0.1, -0.05) is 87.2 Å². The van der Waals surface area contributed by atoms with E-state index in [9.17, 15) is 9.59 Å². The van der Waals surface area contributed by atoms with Crippen LogP contribution < -0.4 is 15.4 Å². The number of allylic oxidation sites excluding steroid dienone is 1. The van der Waals surface area contributed by atoms with E-state index in [0.717, 1.165) is 66.7 Å². The lowest BCUT2D eigenvalue weighted by Gasteiger charge is -2.34. The first-order valence-corrected chi connectivity index (χ1v) is 19.9. The molecule has 1 amide bonds. The smallest absolute Gasteiger partial charge is 0.220 e. The Hall–Kier alpha value is -6.00. The lowest BCUT2D eigenvalue weighted by molar-refractivity contribution is -0.126. The SMILES string of the molecule is C=CC(=O)C1CC2CC21CCC(=O)NCCNc1ccc(C#Cc2ccc3c(F)c(-c4ccc(-c5ccc(OCCCCC)cc5)cc4C=C)ccc3c2F)cc1. The van der Waals surface area contributed by atoms with E-state index in [4.69, 9.17) is 4.74 Å². The van der Waals surface area contributed by atoms with Crippen molar-refractivity contribution in [1.82, 2.24) is 5.32 Å². The summed E-state index contributed by atoms with van der Waals surface area (Å²) in [5.74, 6) is 6.44. The number of unbranched alkanes of at least 4 members (excludes halogenated alkanes) is 2. The third-order valence-corrected chi connectivity index (χ3v) is 11.7. The zero-order valence-corrected chi connectivity index (χ0v) is 32.4. The number of halogens is 2. The van der Waals surface area contributed by atoms with Crippen LogP contribution in [0.2, 0.25) is 0 Å². The van der Waals surface area contributed by atoms with Gasteiger partial charge in [-0.15, -0.1) is 0 Å². The molecule has 0 heterocycles. The summed E-state index contributed by atoms with van der Waals surface area (Å²) in [6.07, 6.45) is 9.61. The lowest BCUT2D eigenvalue weighted by atomic mass is 9.68. The average molecular weight is 763 g/mol. The Balaban J connectivity index is 0.942. The van der Waals surface area contributed by atoms with Crippen LogP contribution in [0, 0.1) is 40.7 Å². The van der Waals surface area contributed by atoms with Gasteiger partial charge in [-0.3, -0.25) is 9.59 Å². The summed E-state index contributed by atoms with van der Waals surface area (Å²) in [4.78, 5) is 24.5. The molecule has 57 heavy (non-hydrogen) atoms. The van der Waals surface area contributed by atoms with Gasteiger partial charge < -0.3 is 15.4 Å². The van der Waals surface area contributed by atoms with Crippen LogP contribution in [0.3, 0.4) is 0 Å². The molecule has 2 aliphatic rings. The number of amides is 1. The van der Waals surface area contributed by atoms with E-state index in [1.54, 1.807) is 24.3 Å². The van der Waals surface area contributed by atoms with Crippen molar-refractivity contribution >= 4 is 34.2 Å². The van der Waals surface area contributed by atoms with E-state index < -0.39 is 11.6 Å². The molecule has 0 radical (unpaired) electrons. The van der Waals surface area contributed by atoms with Gasteiger partial charge in [0, 0.05) is 53.0 Å². The fourth-order valence-corrected chi connectivity index (χ4v) is 8.26. The Morgan fingerprint density at radius 1 is 0.860 bits per heavy atom. The van der Waals surface area contributed by atoms with Crippen molar-refractivity contribution in [2.75, 3.05) is 25.0 Å². The molecule has 290 valence electrons. The van der Waals surface area contributed by atoms with Gasteiger partial charge in [0.05, 0.1) is 12.2 Å². The predicted octanol–water partition coefficient (Wildman–Crippen LogP) is 11.2. The highest BCUT2D eigenvalue weighted by Crippen LogP contribution is 2.73. The molecule has 5 aromatic carbocycles. The first-order chi connectivity index (χ1) is 27.7. The summed E-state index contributed by atoms with van der Waals surface area (Å²) in [7, 11) is 0. The van der Waals surface area contributed by atoms with E-state index in [1.807, 2.05) is 66.7 Å². The van der Waals surface area contributed by atoms with E-state index >= 15 is 8.78 Å². The number of nitrogens with one attached hydrogen (secondary N) is 2. The van der Waals surface area contributed by atoms with Crippen LogP contribution in [0.25, 0.3) is 39.1 Å². The van der Waals surface area contributed by atoms with Crippen LogP contribution >= 0.6 is 0 Å². The number of ketones is 1. The highest BCUT2D eigenvalue weighted by Gasteiger charge is 2.68. The van der Waals surface area contributed by atoms with Crippen LogP contribution in [0.1, 0.15) is 68.6 Å². The molecule has 0 aliphatic heterocycles. The van der Waals surface area contributed by atoms with Gasteiger partial charge in [0.1, 0.15) is 17.4 Å². The number of ether oxygens (including phenoxy) is 1. The van der Waals surface area contributed by atoms with Crippen molar-refractivity contribution in [3.8, 4) is 39.8 Å². The van der Waals surface area contributed by atoms with E-state index in [2.05, 4.69) is 42.6 Å². The van der Waals surface area contributed by atoms with Gasteiger partial charge in [-0.25, -0.2) is 8.78 Å². The zero-order valence-electron chi connectivity index (χ0n) is 32.4. The Morgan fingerprint density at radius 2 is 1.60 bits per heavy atom. The molecule has 0 saturated heterocycles. The van der Waals surface area contributed by atoms with E-state index in [0.29, 0.717) is 48.7 Å². The molecule has 2 fully saturated rings. The van der Waals surface area contributed by atoms with Gasteiger partial charge >= 0.3 is 0 Å². The fourth-order valence-electron chi connectivity index (χ4n) is 8.26. The largest absolute Gasteiger partial charge is 0.494 e. The molecule has 2 saturated carbocycles. The third kappa shape index (κ3) is 8.56. The van der Waals surface area contributed by atoms with Crippen LogP contribution in [-0.2, 0) is 9.59 Å². The van der Waals surface area contributed by atoms with Gasteiger partial charge in [-0.2, -0.15) is 0 Å². The number of fused-ring (bicyclic) bond motifs is 2. The van der Waals surface area contributed by atoms with Crippen molar-refractivity contribution in [2.45, 2.75) is 51.9 Å². The predicted molar refractivity (Wildman–Crippen MR) is 227 cm³/mol. The molecule has 0 bridgehead atoms. The summed E-state index contributed by atoms with van der Waals surface area (Å²) in [5, 5.41) is 6.59. The minimum Gasteiger partial charge on any atom is -0.494 e. The van der Waals surface area contributed by atoms with Crippen LogP contribution in [0.5, 0.6) is 5.75 Å². The quantitative estimate of drug-likeness (QED) is 0.0562. The topological polar surface area (TPSA) is 67.4 Å². The zero-order chi connectivity index (χ0) is 39.9. The number of hydrogen-bond donors (Lipinski definition) is 2. The van der Waals surface area contributed by atoms with Gasteiger partial charge in [0.25, 0.3) is 0 Å². The van der Waals surface area contributed by atoms with Crippen molar-refractivity contribution in [1.29, 1.82) is 0 Å². The monoisotopic (exact) mass is 762 g/mol. The van der Waals surface area contributed by atoms with Crippen LogP contribution in [0.4, 0.5) is 14.5 Å². The molecule has 7 heteroatoms. The number of carbonyl (C=O) groups excluding carboxylic acids is 2. The van der Waals surface area contributed by atoms with Crippen molar-refractivity contribution in [3.05, 3.63) is 139 Å². The Labute approximate surface area is 334 Å².